The number of aliphatic hydroxyl groups is 1. The summed E-state index contributed by atoms with van der Waals surface area (Å²) in [7, 11) is 0. The molecule has 0 spiro atoms. The van der Waals surface area contributed by atoms with Gasteiger partial charge in [-0.15, -0.1) is 10.2 Å². The van der Waals surface area contributed by atoms with E-state index in [9.17, 15) is 5.11 Å². The molecular weight excluding hydrogens is 432 g/mol. The van der Waals surface area contributed by atoms with Crippen LogP contribution in [0.3, 0.4) is 0 Å². The van der Waals surface area contributed by atoms with Crippen LogP contribution in [0, 0.1) is 0 Å². The van der Waals surface area contributed by atoms with Crippen LogP contribution in [0.25, 0.3) is 5.69 Å². The lowest BCUT2D eigenvalue weighted by Gasteiger charge is -2.28. The number of nitrogens with zero attached hydrogens (tertiary/aromatic N) is 4. The highest BCUT2D eigenvalue weighted by atomic mass is 79.9. The van der Waals surface area contributed by atoms with E-state index in [1.165, 1.54) is 0 Å². The number of ether oxygens (including phenoxy) is 1. The number of fused-ring (bicyclic) bond motifs is 3. The molecule has 2 aromatic heterocycles. The molecule has 3 aromatic rings. The van der Waals surface area contributed by atoms with Gasteiger partial charge >= 0.3 is 0 Å². The van der Waals surface area contributed by atoms with Gasteiger partial charge < -0.3 is 9.84 Å². The Labute approximate surface area is 178 Å². The van der Waals surface area contributed by atoms with Crippen molar-refractivity contribution in [2.75, 3.05) is 0 Å². The lowest BCUT2D eigenvalue weighted by Crippen LogP contribution is -2.25. The van der Waals surface area contributed by atoms with Crippen LogP contribution in [0.1, 0.15) is 48.8 Å². The summed E-state index contributed by atoms with van der Waals surface area (Å²) < 4.78 is 9.25. The minimum atomic E-state index is -0.441. The van der Waals surface area contributed by atoms with Crippen LogP contribution in [0.4, 0.5) is 0 Å². The fourth-order valence-corrected chi connectivity index (χ4v) is 4.90. The van der Waals surface area contributed by atoms with Gasteiger partial charge in [-0.3, -0.25) is 4.57 Å². The predicted octanol–water partition coefficient (Wildman–Crippen LogP) is 3.99. The third kappa shape index (κ3) is 3.81. The first kappa shape index (κ1) is 18.8. The fraction of sp³-hybridized carbons (Fsp3) is 0.409. The van der Waals surface area contributed by atoms with Crippen LogP contribution >= 0.6 is 15.9 Å². The summed E-state index contributed by atoms with van der Waals surface area (Å²) in [4.78, 5) is 4.27. The van der Waals surface area contributed by atoms with Crippen LogP contribution in [0.5, 0.6) is 5.88 Å². The smallest absolute Gasteiger partial charge is 0.213 e. The maximum atomic E-state index is 10.4. The van der Waals surface area contributed by atoms with Crippen LogP contribution in [0.15, 0.2) is 47.1 Å². The van der Waals surface area contributed by atoms with Crippen LogP contribution < -0.4 is 4.74 Å². The van der Waals surface area contributed by atoms with E-state index >= 15 is 0 Å². The van der Waals surface area contributed by atoms with Gasteiger partial charge in [0, 0.05) is 35.5 Å². The predicted molar refractivity (Wildman–Crippen MR) is 112 cm³/mol. The normalized spacial score (nSPS) is 23.7. The van der Waals surface area contributed by atoms with E-state index in [4.69, 9.17) is 4.74 Å². The van der Waals surface area contributed by atoms with Gasteiger partial charge in [-0.25, -0.2) is 4.98 Å². The van der Waals surface area contributed by atoms with Crippen LogP contribution in [-0.2, 0) is 12.8 Å². The molecule has 1 aromatic carbocycles. The average Bonchev–Trinajstić information content (AvgIpc) is 3.06. The zero-order chi connectivity index (χ0) is 19.8. The average molecular weight is 455 g/mol. The second-order valence-electron chi connectivity index (χ2n) is 7.90. The van der Waals surface area contributed by atoms with Crippen molar-refractivity contribution in [1.29, 1.82) is 0 Å². The molecule has 2 aliphatic rings. The molecule has 7 heteroatoms. The van der Waals surface area contributed by atoms with Gasteiger partial charge in [0.25, 0.3) is 0 Å². The van der Waals surface area contributed by atoms with Gasteiger partial charge in [-0.1, -0.05) is 22.0 Å². The lowest BCUT2D eigenvalue weighted by molar-refractivity contribution is 0.139. The number of rotatable bonds is 3. The minimum absolute atomic E-state index is 0.192. The topological polar surface area (TPSA) is 73.1 Å². The Morgan fingerprint density at radius 2 is 1.90 bits per heavy atom. The SMILES string of the molecule is OC1Cc2cc(Br)ccc2-n2c(nnc2C2CCC(Oc3ccccn3)CC2)C1. The van der Waals surface area contributed by atoms with E-state index in [2.05, 4.69) is 47.8 Å². The van der Waals surface area contributed by atoms with Crippen molar-refractivity contribution < 1.29 is 9.84 Å². The molecule has 0 saturated heterocycles. The second-order valence-corrected chi connectivity index (χ2v) is 8.82. The second kappa shape index (κ2) is 7.88. The highest BCUT2D eigenvalue weighted by molar-refractivity contribution is 9.10. The van der Waals surface area contributed by atoms with Crippen molar-refractivity contribution in [2.24, 2.45) is 0 Å². The Bertz CT molecular complexity index is 999. The summed E-state index contributed by atoms with van der Waals surface area (Å²) in [5.41, 5.74) is 2.21. The first-order valence-electron chi connectivity index (χ1n) is 10.2. The molecule has 0 amide bonds. The number of aliphatic hydroxyl groups excluding tert-OH is 1. The molecule has 3 heterocycles. The van der Waals surface area contributed by atoms with Gasteiger partial charge in [0.15, 0.2) is 0 Å². The van der Waals surface area contributed by atoms with Crippen molar-refractivity contribution in [3.63, 3.8) is 0 Å². The third-order valence-corrected chi connectivity index (χ3v) is 6.37. The monoisotopic (exact) mass is 454 g/mol. The molecule has 5 rings (SSSR count). The maximum absolute atomic E-state index is 10.4. The molecular formula is C22H23BrN4O2. The molecule has 6 nitrogen and oxygen atoms in total. The molecule has 1 aliphatic heterocycles. The molecule has 150 valence electrons. The van der Waals surface area contributed by atoms with E-state index < -0.39 is 6.10 Å². The largest absolute Gasteiger partial charge is 0.474 e. The number of pyridine rings is 1. The summed E-state index contributed by atoms with van der Waals surface area (Å²) in [6.45, 7) is 0. The van der Waals surface area contributed by atoms with Crippen molar-refractivity contribution in [1.82, 2.24) is 19.7 Å². The number of halogens is 1. The van der Waals surface area contributed by atoms with Gasteiger partial charge in [0.2, 0.25) is 5.88 Å². The Morgan fingerprint density at radius 3 is 2.69 bits per heavy atom. The van der Waals surface area contributed by atoms with E-state index in [-0.39, 0.29) is 6.10 Å². The quantitative estimate of drug-likeness (QED) is 0.647. The number of hydrogen-bond acceptors (Lipinski definition) is 5. The van der Waals surface area contributed by atoms with Gasteiger partial charge in [-0.2, -0.15) is 0 Å². The number of aromatic nitrogens is 4. The van der Waals surface area contributed by atoms with Crippen molar-refractivity contribution in [2.45, 2.75) is 56.7 Å². The van der Waals surface area contributed by atoms with Crippen molar-refractivity contribution in [3.05, 3.63) is 64.3 Å². The number of hydrogen-bond donors (Lipinski definition) is 1. The summed E-state index contributed by atoms with van der Waals surface area (Å²) in [6, 6.07) is 12.0. The Kier molecular flexibility index (Phi) is 5.09. The summed E-state index contributed by atoms with van der Waals surface area (Å²) >= 11 is 3.55. The Morgan fingerprint density at radius 1 is 1.03 bits per heavy atom. The molecule has 0 bridgehead atoms. The molecule has 1 fully saturated rings. The molecule has 0 radical (unpaired) electrons. The number of benzene rings is 1. The van der Waals surface area contributed by atoms with E-state index in [0.717, 1.165) is 53.1 Å². The van der Waals surface area contributed by atoms with Crippen LogP contribution in [0.2, 0.25) is 0 Å². The zero-order valence-corrected chi connectivity index (χ0v) is 17.6. The highest BCUT2D eigenvalue weighted by Gasteiger charge is 2.31. The summed E-state index contributed by atoms with van der Waals surface area (Å²) in [5.74, 6) is 2.89. The Hall–Kier alpha value is -2.25. The first-order valence-corrected chi connectivity index (χ1v) is 11.0. The molecule has 1 N–H and O–H groups in total. The van der Waals surface area contributed by atoms with Crippen molar-refractivity contribution >= 4 is 15.9 Å². The zero-order valence-electron chi connectivity index (χ0n) is 16.0. The molecule has 1 atom stereocenters. The molecule has 1 aliphatic carbocycles. The molecule has 1 saturated carbocycles. The van der Waals surface area contributed by atoms with Crippen LogP contribution in [-0.4, -0.2) is 37.1 Å². The standard InChI is InChI=1S/C22H23BrN4O2/c23-16-6-9-19-15(11-16)12-17(28)13-20-25-26-22(27(19)20)14-4-7-18(8-5-14)29-21-3-1-2-10-24-21/h1-3,6,9-11,14,17-18,28H,4-5,7-8,12-13H2. The first-order chi connectivity index (χ1) is 14.2. The molecule has 29 heavy (non-hydrogen) atoms. The third-order valence-electron chi connectivity index (χ3n) is 5.88. The summed E-state index contributed by atoms with van der Waals surface area (Å²) in [6.07, 6.45) is 6.62. The lowest BCUT2D eigenvalue weighted by atomic mass is 9.86. The fourth-order valence-electron chi connectivity index (χ4n) is 4.49. The van der Waals surface area contributed by atoms with E-state index in [0.29, 0.717) is 24.6 Å². The molecule has 1 unspecified atom stereocenters. The van der Waals surface area contributed by atoms with Crippen molar-refractivity contribution in [3.8, 4) is 11.6 Å². The highest BCUT2D eigenvalue weighted by Crippen LogP contribution is 2.36. The van der Waals surface area contributed by atoms with E-state index in [1.807, 2.05) is 24.3 Å². The summed E-state index contributed by atoms with van der Waals surface area (Å²) in [5, 5.41) is 19.5. The van der Waals surface area contributed by atoms with E-state index in [1.54, 1.807) is 6.20 Å². The van der Waals surface area contributed by atoms with Gasteiger partial charge in [-0.05, 0) is 55.5 Å². The minimum Gasteiger partial charge on any atom is -0.474 e. The van der Waals surface area contributed by atoms with Gasteiger partial charge in [0.05, 0.1) is 11.8 Å². The Balaban J connectivity index is 1.38. The maximum Gasteiger partial charge on any atom is 0.213 e. The van der Waals surface area contributed by atoms with Gasteiger partial charge in [0.1, 0.15) is 17.8 Å².